The zero-order chi connectivity index (χ0) is 13.8. The second-order valence-corrected chi connectivity index (χ2v) is 4.57. The van der Waals surface area contributed by atoms with Crippen LogP contribution >= 0.6 is 11.6 Å². The quantitative estimate of drug-likeness (QED) is 0.824. The Labute approximate surface area is 117 Å². The molecule has 0 fully saturated rings. The van der Waals surface area contributed by atoms with E-state index < -0.39 is 0 Å². The molecule has 0 spiro atoms. The van der Waals surface area contributed by atoms with Gasteiger partial charge in [-0.2, -0.15) is 0 Å². The molecule has 1 N–H and O–H groups in total. The number of hydrogen-bond acceptors (Lipinski definition) is 1. The van der Waals surface area contributed by atoms with Gasteiger partial charge in [0.25, 0.3) is 5.91 Å². The fourth-order valence-electron chi connectivity index (χ4n) is 1.72. The Kier molecular flexibility index (Phi) is 3.89. The second kappa shape index (κ2) is 5.60. The molecule has 0 saturated carbocycles. The SMILES string of the molecule is C#Cc1cccc(NC(=O)c2cc(Cl)ccc2C)c1. The maximum absolute atomic E-state index is 12.2. The lowest BCUT2D eigenvalue weighted by atomic mass is 10.1. The lowest BCUT2D eigenvalue weighted by Crippen LogP contribution is -2.13. The maximum Gasteiger partial charge on any atom is 0.255 e. The number of benzene rings is 2. The van der Waals surface area contributed by atoms with E-state index in [9.17, 15) is 4.79 Å². The summed E-state index contributed by atoms with van der Waals surface area (Å²) in [6.07, 6.45) is 5.32. The lowest BCUT2D eigenvalue weighted by molar-refractivity contribution is 0.102. The maximum atomic E-state index is 12.2. The Bertz CT molecular complexity index is 671. The zero-order valence-electron chi connectivity index (χ0n) is 10.4. The van der Waals surface area contributed by atoms with Crippen LogP contribution in [0.15, 0.2) is 42.5 Å². The average Bonchev–Trinajstić information content (AvgIpc) is 2.41. The van der Waals surface area contributed by atoms with Gasteiger partial charge in [-0.25, -0.2) is 0 Å². The highest BCUT2D eigenvalue weighted by Crippen LogP contribution is 2.17. The average molecular weight is 270 g/mol. The first kappa shape index (κ1) is 13.2. The Morgan fingerprint density at radius 2 is 2.05 bits per heavy atom. The van der Waals surface area contributed by atoms with Gasteiger partial charge in [0.2, 0.25) is 0 Å². The number of hydrogen-bond donors (Lipinski definition) is 1. The van der Waals surface area contributed by atoms with E-state index in [1.165, 1.54) is 0 Å². The molecule has 0 aliphatic carbocycles. The van der Waals surface area contributed by atoms with Gasteiger partial charge >= 0.3 is 0 Å². The minimum absolute atomic E-state index is 0.200. The predicted molar refractivity (Wildman–Crippen MR) is 78.5 cm³/mol. The van der Waals surface area contributed by atoms with Gasteiger partial charge in [0, 0.05) is 21.8 Å². The standard InChI is InChI=1S/C16H12ClNO/c1-3-12-5-4-6-14(9-12)18-16(19)15-10-13(17)8-7-11(15)2/h1,4-10H,2H3,(H,18,19). The van der Waals surface area contributed by atoms with E-state index in [0.717, 1.165) is 11.1 Å². The lowest BCUT2D eigenvalue weighted by Gasteiger charge is -2.08. The molecule has 3 heteroatoms. The molecule has 2 aromatic rings. The highest BCUT2D eigenvalue weighted by molar-refractivity contribution is 6.31. The van der Waals surface area contributed by atoms with Crippen molar-refractivity contribution in [3.8, 4) is 12.3 Å². The van der Waals surface area contributed by atoms with Crippen LogP contribution in [0.25, 0.3) is 0 Å². The first-order valence-corrected chi connectivity index (χ1v) is 6.12. The van der Waals surface area contributed by atoms with E-state index in [0.29, 0.717) is 16.3 Å². The van der Waals surface area contributed by atoms with Crippen molar-refractivity contribution in [2.24, 2.45) is 0 Å². The summed E-state index contributed by atoms with van der Waals surface area (Å²) in [7, 11) is 0. The first-order chi connectivity index (χ1) is 9.10. The summed E-state index contributed by atoms with van der Waals surface area (Å²) in [5.74, 6) is 2.33. The minimum Gasteiger partial charge on any atom is -0.322 e. The van der Waals surface area contributed by atoms with E-state index in [1.807, 2.05) is 13.0 Å². The summed E-state index contributed by atoms with van der Waals surface area (Å²) in [5.41, 5.74) is 2.81. The van der Waals surface area contributed by atoms with Crippen molar-refractivity contribution in [2.75, 3.05) is 5.32 Å². The molecule has 0 bridgehead atoms. The predicted octanol–water partition coefficient (Wildman–Crippen LogP) is 3.88. The van der Waals surface area contributed by atoms with Crippen molar-refractivity contribution in [2.45, 2.75) is 6.92 Å². The van der Waals surface area contributed by atoms with Crippen LogP contribution in [0.4, 0.5) is 5.69 Å². The molecule has 0 aliphatic heterocycles. The molecule has 2 aromatic carbocycles. The number of carbonyl (C=O) groups excluding carboxylic acids is 1. The first-order valence-electron chi connectivity index (χ1n) is 5.74. The monoisotopic (exact) mass is 269 g/mol. The summed E-state index contributed by atoms with van der Waals surface area (Å²) in [5, 5.41) is 3.34. The fraction of sp³-hybridized carbons (Fsp3) is 0.0625. The Morgan fingerprint density at radius 1 is 1.26 bits per heavy atom. The van der Waals surface area contributed by atoms with Crippen molar-refractivity contribution in [3.63, 3.8) is 0 Å². The normalized spacial score (nSPS) is 9.74. The number of halogens is 1. The summed E-state index contributed by atoms with van der Waals surface area (Å²) < 4.78 is 0. The third-order valence-corrected chi connectivity index (χ3v) is 2.97. The number of terminal acetylenes is 1. The van der Waals surface area contributed by atoms with Gasteiger partial charge in [-0.3, -0.25) is 4.79 Å². The highest BCUT2D eigenvalue weighted by atomic mass is 35.5. The Hall–Kier alpha value is -2.24. The van der Waals surface area contributed by atoms with Crippen LogP contribution in [0.1, 0.15) is 21.5 Å². The molecule has 0 aliphatic rings. The number of carbonyl (C=O) groups is 1. The summed E-state index contributed by atoms with van der Waals surface area (Å²) in [6.45, 7) is 1.86. The number of aryl methyl sites for hydroxylation is 1. The highest BCUT2D eigenvalue weighted by Gasteiger charge is 2.10. The second-order valence-electron chi connectivity index (χ2n) is 4.14. The summed E-state index contributed by atoms with van der Waals surface area (Å²) >= 11 is 5.91. The van der Waals surface area contributed by atoms with Crippen molar-refractivity contribution in [1.82, 2.24) is 0 Å². The van der Waals surface area contributed by atoms with Crippen LogP contribution in [-0.4, -0.2) is 5.91 Å². The minimum atomic E-state index is -0.200. The molecule has 2 rings (SSSR count). The Morgan fingerprint density at radius 3 is 2.79 bits per heavy atom. The van der Waals surface area contributed by atoms with Gasteiger partial charge in [-0.15, -0.1) is 6.42 Å². The smallest absolute Gasteiger partial charge is 0.255 e. The molecule has 0 saturated heterocycles. The van der Waals surface area contributed by atoms with Crippen LogP contribution in [0.2, 0.25) is 5.02 Å². The topological polar surface area (TPSA) is 29.1 Å². The van der Waals surface area contributed by atoms with E-state index in [1.54, 1.807) is 36.4 Å². The van der Waals surface area contributed by atoms with Crippen LogP contribution in [0, 0.1) is 19.3 Å². The largest absolute Gasteiger partial charge is 0.322 e. The van der Waals surface area contributed by atoms with Crippen LogP contribution < -0.4 is 5.32 Å². The molecule has 2 nitrogen and oxygen atoms in total. The number of rotatable bonds is 2. The Balaban J connectivity index is 2.26. The summed E-state index contributed by atoms with van der Waals surface area (Å²) in [4.78, 5) is 12.2. The number of anilines is 1. The van der Waals surface area contributed by atoms with Gasteiger partial charge in [-0.05, 0) is 42.8 Å². The van der Waals surface area contributed by atoms with E-state index in [4.69, 9.17) is 18.0 Å². The van der Waals surface area contributed by atoms with Crippen molar-refractivity contribution < 1.29 is 4.79 Å². The van der Waals surface area contributed by atoms with E-state index in [2.05, 4.69) is 11.2 Å². The molecule has 0 aromatic heterocycles. The van der Waals surface area contributed by atoms with Crippen LogP contribution in [0.3, 0.4) is 0 Å². The van der Waals surface area contributed by atoms with Crippen LogP contribution in [0.5, 0.6) is 0 Å². The van der Waals surface area contributed by atoms with Crippen LogP contribution in [-0.2, 0) is 0 Å². The molecule has 0 radical (unpaired) electrons. The number of amides is 1. The fourth-order valence-corrected chi connectivity index (χ4v) is 1.90. The van der Waals surface area contributed by atoms with Crippen molar-refractivity contribution >= 4 is 23.2 Å². The molecule has 1 amide bonds. The molecule has 0 heterocycles. The van der Waals surface area contributed by atoms with Gasteiger partial charge < -0.3 is 5.32 Å². The van der Waals surface area contributed by atoms with Crippen molar-refractivity contribution in [1.29, 1.82) is 0 Å². The van der Waals surface area contributed by atoms with Gasteiger partial charge in [0.05, 0.1) is 0 Å². The van der Waals surface area contributed by atoms with E-state index in [-0.39, 0.29) is 5.91 Å². The van der Waals surface area contributed by atoms with Gasteiger partial charge in [0.1, 0.15) is 0 Å². The van der Waals surface area contributed by atoms with E-state index >= 15 is 0 Å². The van der Waals surface area contributed by atoms with Gasteiger partial charge in [-0.1, -0.05) is 29.7 Å². The van der Waals surface area contributed by atoms with Gasteiger partial charge in [0.15, 0.2) is 0 Å². The number of nitrogens with one attached hydrogen (secondary N) is 1. The summed E-state index contributed by atoms with van der Waals surface area (Å²) in [6, 6.07) is 12.4. The third kappa shape index (κ3) is 3.15. The zero-order valence-corrected chi connectivity index (χ0v) is 11.2. The molecule has 19 heavy (non-hydrogen) atoms. The third-order valence-electron chi connectivity index (χ3n) is 2.73. The van der Waals surface area contributed by atoms with Crippen molar-refractivity contribution in [3.05, 3.63) is 64.2 Å². The molecular weight excluding hydrogens is 258 g/mol. The molecular formula is C16H12ClNO. The molecule has 94 valence electrons. The molecule has 0 unspecified atom stereocenters. The molecule has 0 atom stereocenters.